The highest BCUT2D eigenvalue weighted by atomic mass is 32.3. The summed E-state index contributed by atoms with van der Waals surface area (Å²) in [5.74, 6) is -3.47. The summed E-state index contributed by atoms with van der Waals surface area (Å²) < 4.78 is 35.9. The van der Waals surface area contributed by atoms with Crippen LogP contribution in [0, 0.1) is 0 Å². The summed E-state index contributed by atoms with van der Waals surface area (Å²) in [7, 11) is -3.25. The molecular formula is C47H61FN8O8S. The van der Waals surface area contributed by atoms with Gasteiger partial charge in [-0.3, -0.25) is 28.8 Å². The number of nitrogens with zero attached hydrogens (tertiary/aromatic N) is 1. The van der Waals surface area contributed by atoms with Crippen molar-refractivity contribution in [3.05, 3.63) is 101 Å². The first-order chi connectivity index (χ1) is 31.2. The fourth-order valence-corrected chi connectivity index (χ4v) is 9.62. The Labute approximate surface area is 380 Å². The zero-order valence-electron chi connectivity index (χ0n) is 36.9. The molecule has 1 saturated heterocycles. The molecule has 3 aromatic rings. The van der Waals surface area contributed by atoms with Crippen LogP contribution >= 0.6 is 0 Å². The van der Waals surface area contributed by atoms with Gasteiger partial charge in [-0.05, 0) is 118 Å². The highest BCUT2D eigenvalue weighted by Gasteiger charge is 2.41. The second kappa shape index (κ2) is 22.5. The molecular weight excluding hydrogens is 856 g/mol. The lowest BCUT2D eigenvalue weighted by Crippen LogP contribution is -2.59. The summed E-state index contributed by atoms with van der Waals surface area (Å²) >= 11 is 0. The Balaban J connectivity index is 1.06. The summed E-state index contributed by atoms with van der Waals surface area (Å²) in [5.41, 5.74) is 10.3. The molecule has 1 heterocycles. The van der Waals surface area contributed by atoms with Crippen molar-refractivity contribution < 1.29 is 41.1 Å². The van der Waals surface area contributed by atoms with E-state index >= 15 is 0 Å². The van der Waals surface area contributed by atoms with Crippen molar-refractivity contribution in [1.29, 1.82) is 0 Å². The normalized spacial score (nSPS) is 20.6. The summed E-state index contributed by atoms with van der Waals surface area (Å²) in [5, 5.41) is 17.8. The summed E-state index contributed by atoms with van der Waals surface area (Å²) in [4.78, 5) is 82.2. The Morgan fingerprint density at radius 2 is 1.49 bits per heavy atom. The Bertz CT molecular complexity index is 2310. The van der Waals surface area contributed by atoms with Gasteiger partial charge in [0, 0.05) is 32.2 Å². The maximum Gasteiger partial charge on any atom is 0.332 e. The van der Waals surface area contributed by atoms with Gasteiger partial charge in [-0.2, -0.15) is 8.42 Å². The number of nitrogens with two attached hydrogens (primary N) is 1. The third-order valence-electron chi connectivity index (χ3n) is 12.9. The number of amides is 6. The number of primary amides is 1. The molecule has 6 amide bonds. The van der Waals surface area contributed by atoms with Gasteiger partial charge in [-0.15, -0.1) is 3.89 Å². The van der Waals surface area contributed by atoms with E-state index in [4.69, 9.17) is 5.73 Å². The van der Waals surface area contributed by atoms with Gasteiger partial charge in [0.05, 0.1) is 22.8 Å². The standard InChI is InChI=1S/C47H61FN8O8S/c1-29(50-2)43(58)55-39(28-51-27-30-19-22-33(23-20-30)65(48,63)64)47(62)56-26-10-18-40(56)45(60)53-37-24-21-32-12-4-6-15-35(32)41(37)46(61)52-25-8-7-17-38(42(49)57)54-44(59)36-16-9-13-31-11-3-5-14-34(31)36/h3-6,11-12,14-15,19-20,22-23,29,36-41,50-51H,7-10,13,16-18,21,24-28H2,1-2H3,(H2,49,57)(H,52,61)(H,53,60)(H,54,59)(H,55,58)/t29-,36+,37+,38-,39-,40-,41-/m0/s1. The van der Waals surface area contributed by atoms with Gasteiger partial charge in [-0.1, -0.05) is 60.7 Å². The molecule has 350 valence electrons. The zero-order chi connectivity index (χ0) is 46.7. The van der Waals surface area contributed by atoms with Crippen molar-refractivity contribution in [2.75, 3.05) is 26.7 Å². The number of rotatable bonds is 20. The smallest absolute Gasteiger partial charge is 0.332 e. The van der Waals surface area contributed by atoms with Crippen LogP contribution in [0.5, 0.6) is 0 Å². The molecule has 1 fully saturated rings. The van der Waals surface area contributed by atoms with Gasteiger partial charge in [0.25, 0.3) is 0 Å². The van der Waals surface area contributed by atoms with Gasteiger partial charge < -0.3 is 42.5 Å². The van der Waals surface area contributed by atoms with E-state index in [1.54, 1.807) is 14.0 Å². The maximum absolute atomic E-state index is 14.2. The Hall–Kier alpha value is -5.72. The highest BCUT2D eigenvalue weighted by Crippen LogP contribution is 2.34. The number of benzene rings is 3. The van der Waals surface area contributed by atoms with E-state index in [0.29, 0.717) is 56.9 Å². The number of fused-ring (bicyclic) bond motifs is 2. The fraction of sp³-hybridized carbons (Fsp3) is 0.489. The number of nitrogens with one attached hydrogen (secondary N) is 6. The van der Waals surface area contributed by atoms with Gasteiger partial charge in [0.1, 0.15) is 18.1 Å². The fourth-order valence-electron chi connectivity index (χ4n) is 9.16. The number of hydrogen-bond acceptors (Lipinski definition) is 10. The number of aryl methyl sites for hydroxylation is 2. The van der Waals surface area contributed by atoms with Crippen molar-refractivity contribution in [2.24, 2.45) is 5.73 Å². The van der Waals surface area contributed by atoms with Crippen LogP contribution in [0.2, 0.25) is 0 Å². The molecule has 3 aliphatic rings. The van der Waals surface area contributed by atoms with Crippen LogP contribution in [0.3, 0.4) is 0 Å². The second-order valence-corrected chi connectivity index (χ2v) is 18.5. The van der Waals surface area contributed by atoms with E-state index in [0.717, 1.165) is 47.2 Å². The van der Waals surface area contributed by atoms with Gasteiger partial charge in [0.2, 0.25) is 35.4 Å². The zero-order valence-corrected chi connectivity index (χ0v) is 37.8. The third-order valence-corrected chi connectivity index (χ3v) is 13.7. The number of halogens is 1. The minimum Gasteiger partial charge on any atom is -0.368 e. The first-order valence-electron chi connectivity index (χ1n) is 22.5. The SMILES string of the molecule is CN[C@@H](C)C(=O)N[C@@H](CNCc1ccc(S(=O)(=O)F)cc1)C(=O)N1CCC[C@H]1C(=O)N[C@@H]1CCc2ccccc2[C@@H]1C(=O)NCCCC[C@H](NC(=O)[C@@H]1CCCc2ccccc21)C(N)=O. The molecule has 0 radical (unpaired) electrons. The second-order valence-electron chi connectivity index (χ2n) is 17.2. The molecule has 0 unspecified atom stereocenters. The predicted octanol–water partition coefficient (Wildman–Crippen LogP) is 2.11. The van der Waals surface area contributed by atoms with Crippen LogP contribution in [0.25, 0.3) is 0 Å². The van der Waals surface area contributed by atoms with E-state index in [1.807, 2.05) is 48.5 Å². The predicted molar refractivity (Wildman–Crippen MR) is 241 cm³/mol. The van der Waals surface area contributed by atoms with Crippen LogP contribution < -0.4 is 37.6 Å². The van der Waals surface area contributed by atoms with E-state index in [9.17, 15) is 41.1 Å². The molecule has 0 aromatic heterocycles. The monoisotopic (exact) mass is 916 g/mol. The van der Waals surface area contributed by atoms with Gasteiger partial charge in [-0.25, -0.2) is 0 Å². The summed E-state index contributed by atoms with van der Waals surface area (Å²) in [6.07, 6.45) is 5.84. The number of unbranched alkanes of at least 4 members (excludes halogenated alkanes) is 1. The molecule has 8 N–H and O–H groups in total. The minimum atomic E-state index is -4.86. The van der Waals surface area contributed by atoms with Crippen LogP contribution in [-0.4, -0.2) is 106 Å². The Morgan fingerprint density at radius 3 is 2.18 bits per heavy atom. The van der Waals surface area contributed by atoms with E-state index in [-0.39, 0.29) is 43.9 Å². The van der Waals surface area contributed by atoms with Crippen molar-refractivity contribution in [3.63, 3.8) is 0 Å². The van der Waals surface area contributed by atoms with Crippen molar-refractivity contribution >= 4 is 45.7 Å². The van der Waals surface area contributed by atoms with E-state index in [1.165, 1.54) is 17.0 Å². The molecule has 18 heteroatoms. The molecule has 7 atom stereocenters. The van der Waals surface area contributed by atoms with E-state index < -0.39 is 74.9 Å². The summed E-state index contributed by atoms with van der Waals surface area (Å²) in [6, 6.07) is 16.7. The average molecular weight is 917 g/mol. The van der Waals surface area contributed by atoms with Crippen molar-refractivity contribution in [2.45, 2.75) is 125 Å². The molecule has 1 aliphatic heterocycles. The molecule has 16 nitrogen and oxygen atoms in total. The van der Waals surface area contributed by atoms with Gasteiger partial charge >= 0.3 is 10.2 Å². The van der Waals surface area contributed by atoms with Crippen molar-refractivity contribution in [1.82, 2.24) is 36.8 Å². The minimum absolute atomic E-state index is 0.0238. The maximum atomic E-state index is 14.2. The number of likely N-dealkylation sites (tertiary alicyclic amines) is 1. The van der Waals surface area contributed by atoms with Crippen LogP contribution in [0.4, 0.5) is 3.89 Å². The molecule has 2 aliphatic carbocycles. The van der Waals surface area contributed by atoms with Crippen LogP contribution in [-0.2, 0) is 58.4 Å². The molecule has 0 spiro atoms. The van der Waals surface area contributed by atoms with Gasteiger partial charge in [0.15, 0.2) is 0 Å². The first-order valence-corrected chi connectivity index (χ1v) is 23.9. The number of hydrogen-bond donors (Lipinski definition) is 7. The highest BCUT2D eigenvalue weighted by molar-refractivity contribution is 7.86. The number of carbonyl (C=O) groups excluding carboxylic acids is 6. The first kappa shape index (κ1) is 48.7. The Kier molecular flexibility index (Phi) is 16.8. The Morgan fingerprint density at radius 1 is 0.800 bits per heavy atom. The lowest BCUT2D eigenvalue weighted by molar-refractivity contribution is -0.142. The largest absolute Gasteiger partial charge is 0.368 e. The van der Waals surface area contributed by atoms with Crippen LogP contribution in [0.15, 0.2) is 77.7 Å². The topological polar surface area (TPSA) is 238 Å². The quantitative estimate of drug-likeness (QED) is 0.0644. The molecule has 0 saturated carbocycles. The number of likely N-dealkylation sites (N-methyl/N-ethyl adjacent to an activating group) is 1. The lowest BCUT2D eigenvalue weighted by Gasteiger charge is -2.35. The number of carbonyl (C=O) groups is 6. The van der Waals surface area contributed by atoms with E-state index in [2.05, 4.69) is 31.9 Å². The molecule has 6 rings (SSSR count). The molecule has 0 bridgehead atoms. The van der Waals surface area contributed by atoms with Crippen molar-refractivity contribution in [3.8, 4) is 0 Å². The lowest BCUT2D eigenvalue weighted by atomic mass is 9.78. The summed E-state index contributed by atoms with van der Waals surface area (Å²) in [6.45, 7) is 2.36. The van der Waals surface area contributed by atoms with Crippen LogP contribution in [0.1, 0.15) is 97.9 Å². The molecule has 65 heavy (non-hydrogen) atoms. The third kappa shape index (κ3) is 12.6. The molecule has 3 aromatic carbocycles. The average Bonchev–Trinajstić information content (AvgIpc) is 3.80.